The maximum absolute atomic E-state index is 13.3. The van der Waals surface area contributed by atoms with Gasteiger partial charge in [0.15, 0.2) is 11.5 Å². The van der Waals surface area contributed by atoms with E-state index in [0.29, 0.717) is 54.6 Å². The van der Waals surface area contributed by atoms with Gasteiger partial charge >= 0.3 is 0 Å². The maximum atomic E-state index is 13.3. The highest BCUT2D eigenvalue weighted by atomic mass is 16.5. The van der Waals surface area contributed by atoms with Gasteiger partial charge in [-0.05, 0) is 49.1 Å². The largest absolute Gasteiger partial charge is 0.507 e. The number of carbonyl (C=O) groups is 2. The van der Waals surface area contributed by atoms with Crippen LogP contribution in [0.5, 0.6) is 17.2 Å². The number of carbonyl (C=O) groups excluding carboxylic acids is 2. The van der Waals surface area contributed by atoms with E-state index >= 15 is 0 Å². The molecule has 8 heteroatoms. The summed E-state index contributed by atoms with van der Waals surface area (Å²) in [6, 6.07) is 11.5. The number of hydrogen-bond donors (Lipinski definition) is 1. The fourth-order valence-electron chi connectivity index (χ4n) is 4.36. The van der Waals surface area contributed by atoms with Crippen LogP contribution in [0.25, 0.3) is 5.76 Å². The Kier molecular flexibility index (Phi) is 11.0. The van der Waals surface area contributed by atoms with Gasteiger partial charge in [0, 0.05) is 25.8 Å². The molecule has 0 saturated carbocycles. The zero-order valence-corrected chi connectivity index (χ0v) is 22.8. The van der Waals surface area contributed by atoms with Crippen LogP contribution in [0.2, 0.25) is 0 Å². The summed E-state index contributed by atoms with van der Waals surface area (Å²) in [5, 5.41) is 11.4. The number of likely N-dealkylation sites (tertiary alicyclic amines) is 1. The highest BCUT2D eigenvalue weighted by Crippen LogP contribution is 2.42. The molecule has 1 unspecified atom stereocenters. The minimum Gasteiger partial charge on any atom is -0.507 e. The van der Waals surface area contributed by atoms with Gasteiger partial charge in [0.1, 0.15) is 11.5 Å². The lowest BCUT2D eigenvalue weighted by atomic mass is 9.95. The van der Waals surface area contributed by atoms with Gasteiger partial charge in [-0.1, -0.05) is 44.9 Å². The number of aliphatic hydroxyl groups excluding tert-OH is 1. The highest BCUT2D eigenvalue weighted by Gasteiger charge is 2.46. The summed E-state index contributed by atoms with van der Waals surface area (Å²) >= 11 is 0. The molecule has 1 N–H and O–H groups in total. The summed E-state index contributed by atoms with van der Waals surface area (Å²) in [6.07, 6.45) is 4.35. The van der Waals surface area contributed by atoms with Crippen molar-refractivity contribution in [1.82, 2.24) is 4.90 Å². The van der Waals surface area contributed by atoms with Crippen LogP contribution in [0, 0.1) is 0 Å². The van der Waals surface area contributed by atoms with Crippen LogP contribution in [0.15, 0.2) is 48.0 Å². The van der Waals surface area contributed by atoms with Crippen LogP contribution in [0.1, 0.15) is 63.1 Å². The number of benzene rings is 2. The first-order valence-electron chi connectivity index (χ1n) is 13.3. The van der Waals surface area contributed by atoms with Crippen LogP contribution in [0.3, 0.4) is 0 Å². The van der Waals surface area contributed by atoms with E-state index in [0.717, 1.165) is 25.7 Å². The molecule has 1 fully saturated rings. The first-order valence-corrected chi connectivity index (χ1v) is 13.3. The van der Waals surface area contributed by atoms with Gasteiger partial charge in [0.25, 0.3) is 11.7 Å². The standard InChI is InChI=1S/C30H39NO7/c1-5-7-17-37-23-12-9-11-22(19-23)28(32)26-27(31(15-10-16-35-3)30(34)29(26)33)21-13-14-24(25(20-21)36-4)38-18-8-6-2/h9,11-14,19-20,27,32H,5-8,10,15-18H2,1-4H3/b28-26+. The van der Waals surface area contributed by atoms with Crippen molar-refractivity contribution in [3.63, 3.8) is 0 Å². The SMILES string of the molecule is CCCCOc1cccc(/C(O)=C2\C(=O)C(=O)N(CCCOC)C2c2ccc(OCCCC)c(OC)c2)c1. The molecule has 206 valence electrons. The Labute approximate surface area is 225 Å². The van der Waals surface area contributed by atoms with Crippen LogP contribution < -0.4 is 14.2 Å². The Balaban J connectivity index is 2.06. The highest BCUT2D eigenvalue weighted by molar-refractivity contribution is 6.46. The molecular formula is C30H39NO7. The summed E-state index contributed by atoms with van der Waals surface area (Å²) in [5.74, 6) is 0.0227. The summed E-state index contributed by atoms with van der Waals surface area (Å²) in [5.41, 5.74) is 1.07. The average Bonchev–Trinajstić information content (AvgIpc) is 3.18. The Morgan fingerprint density at radius 1 is 0.895 bits per heavy atom. The number of nitrogens with zero attached hydrogens (tertiary/aromatic N) is 1. The predicted molar refractivity (Wildman–Crippen MR) is 146 cm³/mol. The van der Waals surface area contributed by atoms with Gasteiger partial charge in [-0.3, -0.25) is 9.59 Å². The number of ether oxygens (including phenoxy) is 4. The third kappa shape index (κ3) is 6.86. The fraction of sp³-hybridized carbons (Fsp3) is 0.467. The molecule has 0 aliphatic carbocycles. The Morgan fingerprint density at radius 3 is 2.32 bits per heavy atom. The zero-order valence-electron chi connectivity index (χ0n) is 22.8. The lowest BCUT2D eigenvalue weighted by Crippen LogP contribution is -2.31. The molecule has 2 aromatic carbocycles. The number of unbranched alkanes of at least 4 members (excludes halogenated alkanes) is 2. The molecule has 1 aliphatic heterocycles. The monoisotopic (exact) mass is 525 g/mol. The molecule has 1 saturated heterocycles. The second-order valence-corrected chi connectivity index (χ2v) is 9.18. The Hall–Kier alpha value is -3.52. The average molecular weight is 526 g/mol. The Bertz CT molecular complexity index is 1130. The number of hydrogen-bond acceptors (Lipinski definition) is 7. The number of aliphatic hydroxyl groups is 1. The molecule has 1 atom stereocenters. The number of Topliss-reactive ketones (excluding diaryl/α,β-unsaturated/α-hetero) is 1. The second kappa shape index (κ2) is 14.4. The van der Waals surface area contributed by atoms with Gasteiger partial charge in [-0.2, -0.15) is 0 Å². The van der Waals surface area contributed by atoms with Crippen molar-refractivity contribution in [3.05, 3.63) is 59.2 Å². The molecule has 1 heterocycles. The predicted octanol–water partition coefficient (Wildman–Crippen LogP) is 5.51. The summed E-state index contributed by atoms with van der Waals surface area (Å²) in [4.78, 5) is 28.0. The van der Waals surface area contributed by atoms with Crippen LogP contribution in [-0.2, 0) is 14.3 Å². The minimum atomic E-state index is -0.796. The van der Waals surface area contributed by atoms with Gasteiger partial charge < -0.3 is 29.0 Å². The van der Waals surface area contributed by atoms with Crippen molar-refractivity contribution in [2.45, 2.75) is 52.0 Å². The summed E-state index contributed by atoms with van der Waals surface area (Å²) in [7, 11) is 3.13. The fourth-order valence-corrected chi connectivity index (χ4v) is 4.36. The quantitative estimate of drug-likeness (QED) is 0.142. The molecule has 0 aromatic heterocycles. The number of amides is 1. The van der Waals surface area contributed by atoms with Crippen LogP contribution >= 0.6 is 0 Å². The molecule has 0 spiro atoms. The third-order valence-electron chi connectivity index (χ3n) is 6.42. The van der Waals surface area contributed by atoms with E-state index in [4.69, 9.17) is 18.9 Å². The van der Waals surface area contributed by atoms with E-state index in [2.05, 4.69) is 13.8 Å². The van der Waals surface area contributed by atoms with Crippen LogP contribution in [0.4, 0.5) is 0 Å². The van der Waals surface area contributed by atoms with Gasteiger partial charge in [-0.25, -0.2) is 0 Å². The zero-order chi connectivity index (χ0) is 27.5. The first kappa shape index (κ1) is 29.0. The molecule has 8 nitrogen and oxygen atoms in total. The second-order valence-electron chi connectivity index (χ2n) is 9.18. The van der Waals surface area contributed by atoms with Crippen molar-refractivity contribution in [2.24, 2.45) is 0 Å². The summed E-state index contributed by atoms with van der Waals surface area (Å²) < 4.78 is 22.4. The van der Waals surface area contributed by atoms with E-state index in [1.807, 2.05) is 0 Å². The Morgan fingerprint density at radius 2 is 1.63 bits per heavy atom. The van der Waals surface area contributed by atoms with E-state index in [-0.39, 0.29) is 17.9 Å². The molecule has 2 aromatic rings. The van der Waals surface area contributed by atoms with Crippen molar-refractivity contribution >= 4 is 17.4 Å². The van der Waals surface area contributed by atoms with Gasteiger partial charge in [-0.15, -0.1) is 0 Å². The normalized spacial score (nSPS) is 16.6. The first-order chi connectivity index (χ1) is 18.5. The number of rotatable bonds is 15. The number of methoxy groups -OCH3 is 2. The third-order valence-corrected chi connectivity index (χ3v) is 6.42. The minimum absolute atomic E-state index is 0.0276. The van der Waals surface area contributed by atoms with E-state index in [1.54, 1.807) is 56.7 Å². The van der Waals surface area contributed by atoms with E-state index < -0.39 is 17.7 Å². The van der Waals surface area contributed by atoms with E-state index in [9.17, 15) is 14.7 Å². The molecule has 3 rings (SSSR count). The van der Waals surface area contributed by atoms with Crippen molar-refractivity contribution in [1.29, 1.82) is 0 Å². The molecular weight excluding hydrogens is 486 g/mol. The van der Waals surface area contributed by atoms with Crippen LogP contribution in [-0.4, -0.2) is 62.3 Å². The van der Waals surface area contributed by atoms with E-state index in [1.165, 1.54) is 4.90 Å². The number of ketones is 1. The van der Waals surface area contributed by atoms with Crippen molar-refractivity contribution < 1.29 is 33.6 Å². The van der Waals surface area contributed by atoms with Crippen molar-refractivity contribution in [3.8, 4) is 17.2 Å². The molecule has 1 amide bonds. The van der Waals surface area contributed by atoms with Crippen molar-refractivity contribution in [2.75, 3.05) is 40.6 Å². The maximum Gasteiger partial charge on any atom is 0.295 e. The summed E-state index contributed by atoms with van der Waals surface area (Å²) in [6.45, 7) is 5.99. The molecule has 0 bridgehead atoms. The lowest BCUT2D eigenvalue weighted by Gasteiger charge is -2.26. The smallest absolute Gasteiger partial charge is 0.295 e. The van der Waals surface area contributed by atoms with Gasteiger partial charge in [0.05, 0.1) is 31.9 Å². The lowest BCUT2D eigenvalue weighted by molar-refractivity contribution is -0.140. The topological polar surface area (TPSA) is 94.5 Å². The molecule has 38 heavy (non-hydrogen) atoms. The molecule has 0 radical (unpaired) electrons. The molecule has 1 aliphatic rings. The van der Waals surface area contributed by atoms with Gasteiger partial charge in [0.2, 0.25) is 0 Å².